The molecule has 0 spiro atoms. The van der Waals surface area contributed by atoms with Gasteiger partial charge in [-0.3, -0.25) is 0 Å². The smallest absolute Gasteiger partial charge is 0.410 e. The molecule has 0 unspecified atom stereocenters. The van der Waals surface area contributed by atoms with Gasteiger partial charge < -0.3 is 15.0 Å². The zero-order chi connectivity index (χ0) is 20.9. The number of ether oxygens (including phenoxy) is 1. The fourth-order valence-electron chi connectivity index (χ4n) is 3.70. The third-order valence-electron chi connectivity index (χ3n) is 5.22. The van der Waals surface area contributed by atoms with E-state index in [1.165, 1.54) is 11.1 Å². The molecule has 2 aromatic rings. The van der Waals surface area contributed by atoms with Gasteiger partial charge in [0.2, 0.25) is 0 Å². The van der Waals surface area contributed by atoms with Crippen LogP contribution < -0.4 is 5.32 Å². The lowest BCUT2D eigenvalue weighted by molar-refractivity contribution is 0.00553. The maximum atomic E-state index is 12.6. The minimum absolute atomic E-state index is 0.158. The number of likely N-dealkylation sites (tertiary alicyclic amines) is 1. The van der Waals surface area contributed by atoms with Crippen molar-refractivity contribution >= 4 is 6.09 Å². The molecule has 1 fully saturated rings. The van der Waals surface area contributed by atoms with Crippen molar-refractivity contribution in [1.82, 2.24) is 25.0 Å². The van der Waals surface area contributed by atoms with Gasteiger partial charge in [0.15, 0.2) is 0 Å². The number of hydrogen-bond donors (Lipinski definition) is 1. The van der Waals surface area contributed by atoms with Crippen LogP contribution in [0.4, 0.5) is 4.79 Å². The molecule has 1 aromatic carbocycles. The van der Waals surface area contributed by atoms with E-state index < -0.39 is 5.60 Å². The quantitative estimate of drug-likeness (QED) is 0.804. The van der Waals surface area contributed by atoms with Gasteiger partial charge in [-0.1, -0.05) is 24.3 Å². The first-order valence-corrected chi connectivity index (χ1v) is 10.4. The summed E-state index contributed by atoms with van der Waals surface area (Å²) in [5.41, 5.74) is 1.94. The van der Waals surface area contributed by atoms with Crippen molar-refractivity contribution in [2.75, 3.05) is 6.54 Å². The molecule has 7 nitrogen and oxygen atoms in total. The molecule has 1 amide bonds. The van der Waals surface area contributed by atoms with Gasteiger partial charge in [-0.25, -0.2) is 14.5 Å². The van der Waals surface area contributed by atoms with Crippen molar-refractivity contribution in [3.8, 4) is 0 Å². The van der Waals surface area contributed by atoms with Gasteiger partial charge in [-0.2, -0.15) is 5.10 Å². The van der Waals surface area contributed by atoms with Crippen LogP contribution in [0.2, 0.25) is 0 Å². The highest BCUT2D eigenvalue weighted by atomic mass is 16.6. The van der Waals surface area contributed by atoms with Crippen LogP contribution in [0.25, 0.3) is 0 Å². The minimum Gasteiger partial charge on any atom is -0.444 e. The van der Waals surface area contributed by atoms with Crippen LogP contribution in [0, 0.1) is 0 Å². The number of piperidine rings is 1. The van der Waals surface area contributed by atoms with Crippen LogP contribution in [0.5, 0.6) is 0 Å². The normalized spacial score (nSPS) is 18.5. The molecular formula is C22H33N5O2. The SMILES string of the molecule is C[C@@H](NCc1ccc(Cn2cncn2)cc1)[C@H]1CCCCN1C(=O)OC(C)(C)C. The Morgan fingerprint density at radius 2 is 1.97 bits per heavy atom. The van der Waals surface area contributed by atoms with Crippen molar-refractivity contribution < 1.29 is 9.53 Å². The molecule has 2 heterocycles. The Hall–Kier alpha value is -2.41. The lowest BCUT2D eigenvalue weighted by atomic mass is 9.96. The molecule has 1 aliphatic heterocycles. The Morgan fingerprint density at radius 3 is 2.62 bits per heavy atom. The molecule has 0 saturated carbocycles. The standard InChI is InChI=1S/C22H33N5O2/c1-17(20-7-5-6-12-27(20)21(28)29-22(2,3)4)24-13-18-8-10-19(11-9-18)14-26-16-23-15-25-26/h8-11,15-17,20,24H,5-7,12-14H2,1-4H3/t17-,20-/m1/s1. The first kappa shape index (κ1) is 21.3. The average molecular weight is 400 g/mol. The third kappa shape index (κ3) is 6.29. The summed E-state index contributed by atoms with van der Waals surface area (Å²) in [6.07, 6.45) is 6.25. The second-order valence-corrected chi connectivity index (χ2v) is 8.82. The van der Waals surface area contributed by atoms with Gasteiger partial charge in [0, 0.05) is 19.1 Å². The molecule has 1 aliphatic rings. The third-order valence-corrected chi connectivity index (χ3v) is 5.22. The Bertz CT molecular complexity index is 768. The largest absolute Gasteiger partial charge is 0.444 e. The van der Waals surface area contributed by atoms with E-state index in [9.17, 15) is 4.79 Å². The number of carbonyl (C=O) groups excluding carboxylic acids is 1. The monoisotopic (exact) mass is 399 g/mol. The van der Waals surface area contributed by atoms with Crippen molar-refractivity contribution in [2.45, 2.75) is 77.7 Å². The Morgan fingerprint density at radius 1 is 1.24 bits per heavy atom. The average Bonchev–Trinajstić information content (AvgIpc) is 3.19. The molecule has 3 rings (SSSR count). The Labute approximate surface area is 173 Å². The number of benzene rings is 1. The first-order chi connectivity index (χ1) is 13.8. The molecule has 0 bridgehead atoms. The summed E-state index contributed by atoms with van der Waals surface area (Å²) in [7, 11) is 0. The van der Waals surface area contributed by atoms with Gasteiger partial charge >= 0.3 is 6.09 Å². The van der Waals surface area contributed by atoms with Gasteiger partial charge in [0.1, 0.15) is 18.3 Å². The van der Waals surface area contributed by atoms with E-state index in [0.717, 1.165) is 38.9 Å². The highest BCUT2D eigenvalue weighted by molar-refractivity contribution is 5.68. The van der Waals surface area contributed by atoms with E-state index in [-0.39, 0.29) is 18.2 Å². The van der Waals surface area contributed by atoms with Crippen molar-refractivity contribution in [2.24, 2.45) is 0 Å². The summed E-state index contributed by atoms with van der Waals surface area (Å²) in [4.78, 5) is 18.5. The molecule has 0 radical (unpaired) electrons. The number of carbonyl (C=O) groups is 1. The van der Waals surface area contributed by atoms with Crippen molar-refractivity contribution in [1.29, 1.82) is 0 Å². The second kappa shape index (κ2) is 9.39. The molecule has 7 heteroatoms. The fraction of sp³-hybridized carbons (Fsp3) is 0.591. The van der Waals surface area contributed by atoms with Gasteiger partial charge in [-0.05, 0) is 58.1 Å². The first-order valence-electron chi connectivity index (χ1n) is 10.4. The maximum Gasteiger partial charge on any atom is 0.410 e. The predicted octanol–water partition coefficient (Wildman–Crippen LogP) is 3.59. The van der Waals surface area contributed by atoms with Gasteiger partial charge in [-0.15, -0.1) is 0 Å². The van der Waals surface area contributed by atoms with Gasteiger partial charge in [0.25, 0.3) is 0 Å². The van der Waals surface area contributed by atoms with Crippen LogP contribution in [0.1, 0.15) is 58.1 Å². The van der Waals surface area contributed by atoms with E-state index >= 15 is 0 Å². The van der Waals surface area contributed by atoms with E-state index in [1.807, 2.05) is 30.4 Å². The summed E-state index contributed by atoms with van der Waals surface area (Å²) < 4.78 is 7.43. The van der Waals surface area contributed by atoms with E-state index in [0.29, 0.717) is 0 Å². The molecule has 1 saturated heterocycles. The zero-order valence-corrected chi connectivity index (χ0v) is 18.0. The Balaban J connectivity index is 1.54. The molecule has 29 heavy (non-hydrogen) atoms. The van der Waals surface area contributed by atoms with Crippen LogP contribution >= 0.6 is 0 Å². The van der Waals surface area contributed by atoms with Crippen LogP contribution in [-0.2, 0) is 17.8 Å². The molecule has 1 aromatic heterocycles. The zero-order valence-electron chi connectivity index (χ0n) is 18.0. The van der Waals surface area contributed by atoms with Crippen molar-refractivity contribution in [3.63, 3.8) is 0 Å². The summed E-state index contributed by atoms with van der Waals surface area (Å²) >= 11 is 0. The summed E-state index contributed by atoms with van der Waals surface area (Å²) in [5, 5.41) is 7.74. The van der Waals surface area contributed by atoms with E-state index in [4.69, 9.17) is 4.74 Å². The lowest BCUT2D eigenvalue weighted by Gasteiger charge is -2.40. The molecule has 1 N–H and O–H groups in total. The van der Waals surface area contributed by atoms with Crippen molar-refractivity contribution in [3.05, 3.63) is 48.0 Å². The number of aromatic nitrogens is 3. The summed E-state index contributed by atoms with van der Waals surface area (Å²) in [6, 6.07) is 8.87. The molecule has 158 valence electrons. The fourth-order valence-corrected chi connectivity index (χ4v) is 3.70. The number of rotatable bonds is 6. The van der Waals surface area contributed by atoms with Gasteiger partial charge in [0.05, 0.1) is 12.6 Å². The predicted molar refractivity (Wildman–Crippen MR) is 112 cm³/mol. The molecule has 2 atom stereocenters. The highest BCUT2D eigenvalue weighted by Gasteiger charge is 2.33. The number of nitrogens with zero attached hydrogens (tertiary/aromatic N) is 4. The molecule has 0 aliphatic carbocycles. The minimum atomic E-state index is -0.469. The highest BCUT2D eigenvalue weighted by Crippen LogP contribution is 2.23. The summed E-state index contributed by atoms with van der Waals surface area (Å²) in [6.45, 7) is 10.2. The van der Waals surface area contributed by atoms with E-state index in [1.54, 1.807) is 12.7 Å². The second-order valence-electron chi connectivity index (χ2n) is 8.82. The number of hydrogen-bond acceptors (Lipinski definition) is 5. The molecular weight excluding hydrogens is 366 g/mol. The number of amides is 1. The van der Waals surface area contributed by atoms with Crippen LogP contribution in [-0.4, -0.2) is 50.0 Å². The topological polar surface area (TPSA) is 72.3 Å². The number of nitrogens with one attached hydrogen (secondary N) is 1. The lowest BCUT2D eigenvalue weighted by Crippen LogP contribution is -2.54. The van der Waals surface area contributed by atoms with E-state index in [2.05, 4.69) is 46.6 Å². The summed E-state index contributed by atoms with van der Waals surface area (Å²) in [5.74, 6) is 0. The Kier molecular flexibility index (Phi) is 6.90. The van der Waals surface area contributed by atoms with Crippen LogP contribution in [0.15, 0.2) is 36.9 Å². The maximum absolute atomic E-state index is 12.6. The van der Waals surface area contributed by atoms with Crippen LogP contribution in [0.3, 0.4) is 0 Å².